The average molecular weight is 239 g/mol. The highest BCUT2D eigenvalue weighted by Gasteiger charge is 2.26. The van der Waals surface area contributed by atoms with Crippen molar-refractivity contribution in [1.82, 2.24) is 25.0 Å². The van der Waals surface area contributed by atoms with Gasteiger partial charge in [0.15, 0.2) is 5.82 Å². The van der Waals surface area contributed by atoms with E-state index in [4.69, 9.17) is 0 Å². The number of piperazine rings is 1. The molecular weight excluding hydrogens is 222 g/mol. The van der Waals surface area contributed by atoms with Gasteiger partial charge in [-0.3, -0.25) is 4.90 Å². The second-order valence-corrected chi connectivity index (χ2v) is 5.47. The first-order valence-corrected chi connectivity index (χ1v) is 6.92. The molecule has 1 aromatic heterocycles. The summed E-state index contributed by atoms with van der Waals surface area (Å²) in [6.07, 6.45) is 0. The number of fused-ring (bicyclic) bond motifs is 1. The Balaban J connectivity index is 1.85. The van der Waals surface area contributed by atoms with Crippen LogP contribution in [0.25, 0.3) is 0 Å². The number of aryl methyl sites for hydroxylation is 1. The minimum absolute atomic E-state index is 0.344. The van der Waals surface area contributed by atoms with Crippen LogP contribution in [0, 0.1) is 0 Å². The summed E-state index contributed by atoms with van der Waals surface area (Å²) in [6, 6.07) is 0.344. The molecule has 1 N–H and O–H groups in total. The van der Waals surface area contributed by atoms with E-state index in [0.717, 1.165) is 49.3 Å². The van der Waals surface area contributed by atoms with Crippen LogP contribution >= 0.6 is 11.8 Å². The molecule has 1 fully saturated rings. The Kier molecular flexibility index (Phi) is 2.87. The van der Waals surface area contributed by atoms with E-state index in [2.05, 4.69) is 32.0 Å². The van der Waals surface area contributed by atoms with Crippen LogP contribution in [0.1, 0.15) is 17.7 Å². The van der Waals surface area contributed by atoms with Crippen molar-refractivity contribution in [3.05, 3.63) is 11.6 Å². The van der Waals surface area contributed by atoms with E-state index in [0.29, 0.717) is 6.04 Å². The molecule has 1 saturated heterocycles. The number of hydrogen-bond acceptors (Lipinski definition) is 5. The fraction of sp³-hybridized carbons (Fsp3) is 0.800. The molecule has 0 spiro atoms. The van der Waals surface area contributed by atoms with Gasteiger partial charge in [0.25, 0.3) is 0 Å². The summed E-state index contributed by atoms with van der Waals surface area (Å²) >= 11 is 1.95. The minimum Gasteiger partial charge on any atom is -0.313 e. The lowest BCUT2D eigenvalue weighted by atomic mass is 10.2. The highest BCUT2D eigenvalue weighted by Crippen LogP contribution is 2.22. The minimum atomic E-state index is 0.344. The third kappa shape index (κ3) is 1.85. The lowest BCUT2D eigenvalue weighted by Crippen LogP contribution is -2.44. The molecule has 88 valence electrons. The first kappa shape index (κ1) is 10.6. The highest BCUT2D eigenvalue weighted by molar-refractivity contribution is 7.98. The van der Waals surface area contributed by atoms with Gasteiger partial charge in [-0.1, -0.05) is 0 Å². The molecule has 1 unspecified atom stereocenters. The zero-order chi connectivity index (χ0) is 11.0. The zero-order valence-electron chi connectivity index (χ0n) is 9.52. The molecule has 0 radical (unpaired) electrons. The van der Waals surface area contributed by atoms with Crippen molar-refractivity contribution in [3.63, 3.8) is 0 Å². The van der Waals surface area contributed by atoms with Crippen LogP contribution in [0.3, 0.4) is 0 Å². The maximum Gasteiger partial charge on any atom is 0.169 e. The van der Waals surface area contributed by atoms with Gasteiger partial charge in [0.1, 0.15) is 5.82 Å². The van der Waals surface area contributed by atoms with Crippen LogP contribution in [0.4, 0.5) is 0 Å². The lowest BCUT2D eigenvalue weighted by molar-refractivity contribution is 0.194. The Hall–Kier alpha value is -0.590. The summed E-state index contributed by atoms with van der Waals surface area (Å²) < 4.78 is 2.08. The Morgan fingerprint density at radius 1 is 1.44 bits per heavy atom. The van der Waals surface area contributed by atoms with Crippen molar-refractivity contribution >= 4 is 11.8 Å². The largest absolute Gasteiger partial charge is 0.313 e. The molecule has 0 aliphatic carbocycles. The Bertz CT molecular complexity index is 354. The maximum absolute atomic E-state index is 4.67. The number of thioether (sulfide) groups is 1. The summed E-state index contributed by atoms with van der Waals surface area (Å²) in [4.78, 5) is 7.01. The van der Waals surface area contributed by atoms with Crippen LogP contribution in [0.5, 0.6) is 0 Å². The van der Waals surface area contributed by atoms with Gasteiger partial charge in [-0.2, -0.15) is 16.9 Å². The topological polar surface area (TPSA) is 46.0 Å². The van der Waals surface area contributed by atoms with Crippen molar-refractivity contribution in [2.75, 3.05) is 32.4 Å². The van der Waals surface area contributed by atoms with Crippen molar-refractivity contribution in [2.24, 2.45) is 0 Å². The SMILES string of the molecule is CN1CCNCC1c1nc2n(n1)CCSC2. The van der Waals surface area contributed by atoms with E-state index in [-0.39, 0.29) is 0 Å². The van der Waals surface area contributed by atoms with Gasteiger partial charge in [0, 0.05) is 25.4 Å². The van der Waals surface area contributed by atoms with Crippen molar-refractivity contribution in [1.29, 1.82) is 0 Å². The summed E-state index contributed by atoms with van der Waals surface area (Å²) in [7, 11) is 2.15. The average Bonchev–Trinajstić information content (AvgIpc) is 2.73. The molecule has 3 rings (SSSR count). The molecule has 2 aliphatic rings. The Morgan fingerprint density at radius 2 is 2.38 bits per heavy atom. The molecule has 5 nitrogen and oxygen atoms in total. The van der Waals surface area contributed by atoms with Gasteiger partial charge < -0.3 is 5.32 Å². The van der Waals surface area contributed by atoms with Gasteiger partial charge in [-0.15, -0.1) is 0 Å². The number of nitrogens with zero attached hydrogens (tertiary/aromatic N) is 4. The molecule has 3 heterocycles. The first-order valence-electron chi connectivity index (χ1n) is 5.77. The number of aromatic nitrogens is 3. The number of likely N-dealkylation sites (N-methyl/N-ethyl adjacent to an activating group) is 1. The van der Waals surface area contributed by atoms with E-state index in [9.17, 15) is 0 Å². The maximum atomic E-state index is 4.67. The fourth-order valence-electron chi connectivity index (χ4n) is 2.23. The van der Waals surface area contributed by atoms with Crippen LogP contribution in [-0.2, 0) is 12.3 Å². The first-order chi connectivity index (χ1) is 7.84. The van der Waals surface area contributed by atoms with Crippen LogP contribution in [0.15, 0.2) is 0 Å². The van der Waals surface area contributed by atoms with Gasteiger partial charge in [-0.05, 0) is 7.05 Å². The third-order valence-corrected chi connectivity index (χ3v) is 4.19. The highest BCUT2D eigenvalue weighted by atomic mass is 32.2. The van der Waals surface area contributed by atoms with Gasteiger partial charge in [0.05, 0.1) is 18.3 Å². The number of nitrogens with one attached hydrogen (secondary N) is 1. The summed E-state index contributed by atoms with van der Waals surface area (Å²) in [5.74, 6) is 4.31. The number of rotatable bonds is 1. The third-order valence-electron chi connectivity index (χ3n) is 3.25. The molecule has 0 aromatic carbocycles. The quantitative estimate of drug-likeness (QED) is 0.753. The van der Waals surface area contributed by atoms with E-state index in [1.165, 1.54) is 0 Å². The summed E-state index contributed by atoms with van der Waals surface area (Å²) in [6.45, 7) is 4.11. The Labute approximate surface area is 99.6 Å². The molecule has 0 saturated carbocycles. The normalized spacial score (nSPS) is 26.7. The summed E-state index contributed by atoms with van der Waals surface area (Å²) in [5.41, 5.74) is 0. The standard InChI is InChI=1S/C10H17N5S/c1-14-3-2-11-6-8(14)10-12-9-7-16-5-4-15(9)13-10/h8,11H,2-7H2,1H3. The van der Waals surface area contributed by atoms with Gasteiger partial charge >= 0.3 is 0 Å². The molecule has 0 amide bonds. The second kappa shape index (κ2) is 4.35. The lowest BCUT2D eigenvalue weighted by Gasteiger charge is -2.30. The van der Waals surface area contributed by atoms with Gasteiger partial charge in [-0.25, -0.2) is 9.67 Å². The fourth-order valence-corrected chi connectivity index (χ4v) is 3.07. The Morgan fingerprint density at radius 3 is 3.19 bits per heavy atom. The van der Waals surface area contributed by atoms with Crippen molar-refractivity contribution in [2.45, 2.75) is 18.3 Å². The number of hydrogen-bond donors (Lipinski definition) is 1. The van der Waals surface area contributed by atoms with E-state index in [1.54, 1.807) is 0 Å². The molecule has 16 heavy (non-hydrogen) atoms. The molecule has 1 aromatic rings. The predicted molar refractivity (Wildman–Crippen MR) is 64.4 cm³/mol. The van der Waals surface area contributed by atoms with Crippen LogP contribution in [0.2, 0.25) is 0 Å². The van der Waals surface area contributed by atoms with Crippen LogP contribution < -0.4 is 5.32 Å². The molecule has 6 heteroatoms. The monoisotopic (exact) mass is 239 g/mol. The van der Waals surface area contributed by atoms with E-state index >= 15 is 0 Å². The van der Waals surface area contributed by atoms with Crippen molar-refractivity contribution in [3.8, 4) is 0 Å². The molecule has 0 bridgehead atoms. The van der Waals surface area contributed by atoms with E-state index in [1.807, 2.05) is 11.8 Å². The van der Waals surface area contributed by atoms with Crippen molar-refractivity contribution < 1.29 is 0 Å². The second-order valence-electron chi connectivity index (χ2n) is 4.36. The van der Waals surface area contributed by atoms with Crippen LogP contribution in [-0.4, -0.2) is 52.1 Å². The smallest absolute Gasteiger partial charge is 0.169 e. The summed E-state index contributed by atoms with van der Waals surface area (Å²) in [5, 5.41) is 8.04. The molecular formula is C10H17N5S. The molecule has 2 aliphatic heterocycles. The predicted octanol–water partition coefficient (Wildman–Crippen LogP) is 0.101. The van der Waals surface area contributed by atoms with E-state index < -0.39 is 0 Å². The zero-order valence-corrected chi connectivity index (χ0v) is 10.3. The van der Waals surface area contributed by atoms with Gasteiger partial charge in [0.2, 0.25) is 0 Å². The molecule has 1 atom stereocenters.